The van der Waals surface area contributed by atoms with Crippen LogP contribution in [0, 0.1) is 12.7 Å². The van der Waals surface area contributed by atoms with E-state index in [1.807, 2.05) is 6.92 Å². The lowest BCUT2D eigenvalue weighted by Crippen LogP contribution is -2.44. The van der Waals surface area contributed by atoms with Crippen LogP contribution in [0.4, 0.5) is 10.1 Å². The summed E-state index contributed by atoms with van der Waals surface area (Å²) < 4.78 is 15.6. The SMILES string of the molecule is C=C(c1ccc(N2CCN(C)CC2)cc1)c1cn(-c2ccccc2F)c(=O)cc1C. The van der Waals surface area contributed by atoms with E-state index in [-0.39, 0.29) is 11.2 Å². The molecule has 0 spiro atoms. The lowest BCUT2D eigenvalue weighted by molar-refractivity contribution is 0.313. The number of rotatable bonds is 4. The van der Waals surface area contributed by atoms with Crippen molar-refractivity contribution >= 4 is 11.3 Å². The Labute approximate surface area is 176 Å². The van der Waals surface area contributed by atoms with Crippen LogP contribution in [0.25, 0.3) is 11.3 Å². The Balaban J connectivity index is 1.64. The third kappa shape index (κ3) is 3.94. The van der Waals surface area contributed by atoms with E-state index < -0.39 is 5.82 Å². The van der Waals surface area contributed by atoms with E-state index in [0.717, 1.165) is 48.4 Å². The van der Waals surface area contributed by atoms with Crippen molar-refractivity contribution in [3.63, 3.8) is 0 Å². The fourth-order valence-corrected chi connectivity index (χ4v) is 3.87. The van der Waals surface area contributed by atoms with E-state index in [1.165, 1.54) is 22.4 Å². The van der Waals surface area contributed by atoms with Crippen LogP contribution in [0.15, 0.2) is 72.2 Å². The third-order valence-corrected chi connectivity index (χ3v) is 5.78. The van der Waals surface area contributed by atoms with Gasteiger partial charge in [0, 0.05) is 49.7 Å². The van der Waals surface area contributed by atoms with Gasteiger partial charge in [0.1, 0.15) is 5.82 Å². The summed E-state index contributed by atoms with van der Waals surface area (Å²) in [5.74, 6) is -0.434. The number of nitrogens with zero attached hydrogens (tertiary/aromatic N) is 3. The third-order valence-electron chi connectivity index (χ3n) is 5.78. The number of aromatic nitrogens is 1. The zero-order valence-electron chi connectivity index (χ0n) is 17.4. The Morgan fingerprint density at radius 1 is 1.00 bits per heavy atom. The molecule has 0 saturated carbocycles. The van der Waals surface area contributed by atoms with Gasteiger partial charge >= 0.3 is 0 Å². The molecule has 0 amide bonds. The molecule has 2 aromatic carbocycles. The van der Waals surface area contributed by atoms with Gasteiger partial charge in [0.2, 0.25) is 0 Å². The van der Waals surface area contributed by atoms with Crippen molar-refractivity contribution in [2.24, 2.45) is 0 Å². The minimum Gasteiger partial charge on any atom is -0.369 e. The zero-order chi connectivity index (χ0) is 21.3. The van der Waals surface area contributed by atoms with Crippen LogP contribution < -0.4 is 10.5 Å². The van der Waals surface area contributed by atoms with Crippen molar-refractivity contribution in [2.75, 3.05) is 38.1 Å². The van der Waals surface area contributed by atoms with Gasteiger partial charge in [-0.3, -0.25) is 9.36 Å². The molecule has 30 heavy (non-hydrogen) atoms. The largest absolute Gasteiger partial charge is 0.369 e. The van der Waals surface area contributed by atoms with E-state index in [2.05, 4.69) is 47.7 Å². The first-order chi connectivity index (χ1) is 14.4. The highest BCUT2D eigenvalue weighted by atomic mass is 19.1. The molecule has 0 aliphatic carbocycles. The molecule has 0 bridgehead atoms. The summed E-state index contributed by atoms with van der Waals surface area (Å²) in [6, 6.07) is 16.2. The maximum atomic E-state index is 14.3. The Morgan fingerprint density at radius 3 is 2.33 bits per heavy atom. The first-order valence-electron chi connectivity index (χ1n) is 10.2. The maximum absolute atomic E-state index is 14.3. The van der Waals surface area contributed by atoms with E-state index in [9.17, 15) is 9.18 Å². The first kappa shape index (κ1) is 20.1. The molecule has 2 heterocycles. The summed E-state index contributed by atoms with van der Waals surface area (Å²) in [5.41, 5.74) is 4.61. The van der Waals surface area contributed by atoms with Gasteiger partial charge in [0.05, 0.1) is 5.69 Å². The number of hydrogen-bond acceptors (Lipinski definition) is 3. The van der Waals surface area contributed by atoms with Crippen LogP contribution in [-0.2, 0) is 0 Å². The normalized spacial score (nSPS) is 14.7. The molecule has 1 fully saturated rings. The average molecular weight is 404 g/mol. The summed E-state index contributed by atoms with van der Waals surface area (Å²) in [4.78, 5) is 17.2. The second kappa shape index (κ2) is 8.28. The smallest absolute Gasteiger partial charge is 0.255 e. The van der Waals surface area contributed by atoms with Crippen molar-refractivity contribution in [2.45, 2.75) is 6.92 Å². The molecule has 0 unspecified atom stereocenters. The quantitative estimate of drug-likeness (QED) is 0.657. The summed E-state index contributed by atoms with van der Waals surface area (Å²) in [6.45, 7) is 10.3. The predicted octanol–water partition coefficient (Wildman–Crippen LogP) is 4.10. The summed E-state index contributed by atoms with van der Waals surface area (Å²) >= 11 is 0. The van der Waals surface area contributed by atoms with Crippen molar-refractivity contribution in [1.29, 1.82) is 0 Å². The fraction of sp³-hybridized carbons (Fsp3) is 0.240. The van der Waals surface area contributed by atoms with Crippen LogP contribution >= 0.6 is 0 Å². The Morgan fingerprint density at radius 2 is 1.67 bits per heavy atom. The molecule has 4 nitrogen and oxygen atoms in total. The highest BCUT2D eigenvalue weighted by Gasteiger charge is 2.15. The van der Waals surface area contributed by atoms with Crippen LogP contribution in [0.3, 0.4) is 0 Å². The van der Waals surface area contributed by atoms with Gasteiger partial charge < -0.3 is 9.80 Å². The van der Waals surface area contributed by atoms with Gasteiger partial charge in [-0.25, -0.2) is 4.39 Å². The molecule has 1 saturated heterocycles. The predicted molar refractivity (Wildman–Crippen MR) is 121 cm³/mol. The van der Waals surface area contributed by atoms with E-state index in [1.54, 1.807) is 24.4 Å². The standard InChI is InChI=1S/C25H26FN3O/c1-18-16-25(30)29(24-7-5-4-6-23(24)26)17-22(18)19(2)20-8-10-21(11-9-20)28-14-12-27(3)13-15-28/h4-11,16-17H,2,12-15H2,1,3H3. The molecule has 4 rings (SSSR count). The second-order valence-electron chi connectivity index (χ2n) is 7.85. The zero-order valence-corrected chi connectivity index (χ0v) is 17.4. The molecule has 5 heteroatoms. The van der Waals surface area contributed by atoms with Gasteiger partial charge in [-0.2, -0.15) is 0 Å². The number of aryl methyl sites for hydroxylation is 1. The number of para-hydroxylation sites is 1. The van der Waals surface area contributed by atoms with E-state index >= 15 is 0 Å². The van der Waals surface area contributed by atoms with Gasteiger partial charge in [-0.05, 0) is 54.9 Å². The Kier molecular flexibility index (Phi) is 5.55. The molecule has 0 N–H and O–H groups in total. The Hall–Kier alpha value is -3.18. The molecule has 0 atom stereocenters. The van der Waals surface area contributed by atoms with Gasteiger partial charge in [0.25, 0.3) is 5.56 Å². The number of hydrogen-bond donors (Lipinski definition) is 0. The number of piperazine rings is 1. The highest BCUT2D eigenvalue weighted by molar-refractivity contribution is 5.80. The van der Waals surface area contributed by atoms with E-state index in [4.69, 9.17) is 0 Å². The molecule has 1 aliphatic rings. The van der Waals surface area contributed by atoms with Gasteiger partial charge in [0.15, 0.2) is 0 Å². The monoisotopic (exact) mass is 403 g/mol. The first-order valence-corrected chi connectivity index (χ1v) is 10.2. The molecule has 3 aromatic rings. The molecular weight excluding hydrogens is 377 g/mol. The van der Waals surface area contributed by atoms with Crippen LogP contribution in [0.2, 0.25) is 0 Å². The molecular formula is C25H26FN3O. The average Bonchev–Trinajstić information content (AvgIpc) is 2.75. The fourth-order valence-electron chi connectivity index (χ4n) is 3.87. The van der Waals surface area contributed by atoms with Crippen molar-refractivity contribution in [3.05, 3.63) is 100 Å². The minimum absolute atomic E-state index is 0.238. The highest BCUT2D eigenvalue weighted by Crippen LogP contribution is 2.27. The van der Waals surface area contributed by atoms with Crippen molar-refractivity contribution in [1.82, 2.24) is 9.47 Å². The summed E-state index contributed by atoms with van der Waals surface area (Å²) in [6.07, 6.45) is 1.69. The number of halogens is 1. The molecule has 154 valence electrons. The number of likely N-dealkylation sites (N-methyl/N-ethyl adjacent to an activating group) is 1. The van der Waals surface area contributed by atoms with Crippen LogP contribution in [0.5, 0.6) is 0 Å². The molecule has 0 radical (unpaired) electrons. The maximum Gasteiger partial charge on any atom is 0.255 e. The van der Waals surface area contributed by atoms with Gasteiger partial charge in [-0.1, -0.05) is 30.8 Å². The molecule has 1 aliphatic heterocycles. The second-order valence-corrected chi connectivity index (χ2v) is 7.85. The number of benzene rings is 2. The van der Waals surface area contributed by atoms with Crippen molar-refractivity contribution in [3.8, 4) is 5.69 Å². The Bertz CT molecular complexity index is 1130. The summed E-state index contributed by atoms with van der Waals surface area (Å²) in [5, 5.41) is 0. The van der Waals surface area contributed by atoms with Crippen LogP contribution in [0.1, 0.15) is 16.7 Å². The van der Waals surface area contributed by atoms with Gasteiger partial charge in [-0.15, -0.1) is 0 Å². The number of pyridine rings is 1. The molecule has 1 aromatic heterocycles. The van der Waals surface area contributed by atoms with Crippen molar-refractivity contribution < 1.29 is 4.39 Å². The lowest BCUT2D eigenvalue weighted by Gasteiger charge is -2.34. The lowest BCUT2D eigenvalue weighted by atomic mass is 9.97. The number of anilines is 1. The minimum atomic E-state index is -0.434. The summed E-state index contributed by atoms with van der Waals surface area (Å²) in [7, 11) is 2.15. The van der Waals surface area contributed by atoms with Crippen LogP contribution in [-0.4, -0.2) is 42.7 Å². The van der Waals surface area contributed by atoms with E-state index in [0.29, 0.717) is 0 Å². The topological polar surface area (TPSA) is 28.5 Å².